The molecule has 1 saturated heterocycles. The van der Waals surface area contributed by atoms with Gasteiger partial charge in [-0.25, -0.2) is 19.0 Å². The van der Waals surface area contributed by atoms with Crippen LogP contribution in [0.3, 0.4) is 0 Å². The molecule has 0 unspecified atom stereocenters. The number of aryl methyl sites for hydroxylation is 1. The van der Waals surface area contributed by atoms with Crippen LogP contribution in [0, 0.1) is 11.7 Å². The highest BCUT2D eigenvalue weighted by molar-refractivity contribution is 5.98. The maximum absolute atomic E-state index is 14.1. The minimum absolute atomic E-state index is 0.133. The molecular weight excluding hydrogens is 387 g/mol. The van der Waals surface area contributed by atoms with Gasteiger partial charge in [-0.3, -0.25) is 4.79 Å². The third-order valence-electron chi connectivity index (χ3n) is 5.75. The van der Waals surface area contributed by atoms with Crippen LogP contribution in [0.2, 0.25) is 0 Å². The molecule has 9 heteroatoms. The third kappa shape index (κ3) is 3.92. The van der Waals surface area contributed by atoms with Crippen LogP contribution in [-0.4, -0.2) is 50.8 Å². The van der Waals surface area contributed by atoms with Crippen LogP contribution in [0.15, 0.2) is 24.5 Å². The SMILES string of the molecule is COc1cc(F)cc(-c2nn(CCC3CCN(C(C)=O)CC3)c3ncnc(N)c23)c1. The van der Waals surface area contributed by atoms with E-state index in [9.17, 15) is 9.18 Å². The van der Waals surface area contributed by atoms with Crippen LogP contribution in [0.5, 0.6) is 5.75 Å². The molecule has 158 valence electrons. The summed E-state index contributed by atoms with van der Waals surface area (Å²) in [6.45, 7) is 3.86. The van der Waals surface area contributed by atoms with Crippen molar-refractivity contribution < 1.29 is 13.9 Å². The van der Waals surface area contributed by atoms with Crippen LogP contribution in [0.4, 0.5) is 10.2 Å². The van der Waals surface area contributed by atoms with Gasteiger partial charge in [-0.2, -0.15) is 5.10 Å². The number of benzene rings is 1. The lowest BCUT2D eigenvalue weighted by Crippen LogP contribution is -2.37. The Balaban J connectivity index is 1.62. The molecule has 0 saturated carbocycles. The average Bonchev–Trinajstić information content (AvgIpc) is 3.12. The maximum atomic E-state index is 14.1. The van der Waals surface area contributed by atoms with Crippen LogP contribution in [-0.2, 0) is 11.3 Å². The Morgan fingerprint density at radius 1 is 1.27 bits per heavy atom. The van der Waals surface area contributed by atoms with Gasteiger partial charge in [0, 0.05) is 38.2 Å². The molecule has 3 aromatic rings. The van der Waals surface area contributed by atoms with Crippen LogP contribution in [0.1, 0.15) is 26.2 Å². The van der Waals surface area contributed by atoms with Gasteiger partial charge in [-0.1, -0.05) is 0 Å². The fourth-order valence-corrected chi connectivity index (χ4v) is 4.05. The first-order chi connectivity index (χ1) is 14.5. The zero-order valence-corrected chi connectivity index (χ0v) is 17.1. The summed E-state index contributed by atoms with van der Waals surface area (Å²) < 4.78 is 21.1. The summed E-state index contributed by atoms with van der Waals surface area (Å²) >= 11 is 0. The molecule has 3 heterocycles. The van der Waals surface area contributed by atoms with Gasteiger partial charge in [0.25, 0.3) is 0 Å². The number of halogens is 1. The molecule has 1 aromatic carbocycles. The van der Waals surface area contributed by atoms with Gasteiger partial charge >= 0.3 is 0 Å². The molecule has 1 aliphatic rings. The highest BCUT2D eigenvalue weighted by atomic mass is 19.1. The van der Waals surface area contributed by atoms with Crippen molar-refractivity contribution in [1.29, 1.82) is 0 Å². The molecule has 1 amide bonds. The number of fused-ring (bicyclic) bond motifs is 1. The number of ether oxygens (including phenoxy) is 1. The third-order valence-corrected chi connectivity index (χ3v) is 5.75. The molecule has 0 radical (unpaired) electrons. The Bertz CT molecular complexity index is 1070. The molecular formula is C21H25FN6O2. The van der Waals surface area contributed by atoms with E-state index in [2.05, 4.69) is 9.97 Å². The number of methoxy groups -OCH3 is 1. The molecule has 0 spiro atoms. The second-order valence-corrected chi connectivity index (χ2v) is 7.65. The van der Waals surface area contributed by atoms with E-state index >= 15 is 0 Å². The molecule has 0 atom stereocenters. The van der Waals surface area contributed by atoms with Crippen molar-refractivity contribution in [2.45, 2.75) is 32.7 Å². The van der Waals surface area contributed by atoms with Crippen molar-refractivity contribution in [3.05, 3.63) is 30.3 Å². The number of nitrogens with zero attached hydrogens (tertiary/aromatic N) is 5. The number of rotatable bonds is 5. The summed E-state index contributed by atoms with van der Waals surface area (Å²) in [5.74, 6) is 0.935. The number of hydrogen-bond donors (Lipinski definition) is 1. The monoisotopic (exact) mass is 412 g/mol. The average molecular weight is 412 g/mol. The van der Waals surface area contributed by atoms with Gasteiger partial charge in [0.15, 0.2) is 5.65 Å². The van der Waals surface area contributed by atoms with Crippen molar-refractivity contribution in [3.63, 3.8) is 0 Å². The predicted octanol–water partition coefficient (Wildman–Crippen LogP) is 2.87. The highest BCUT2D eigenvalue weighted by Crippen LogP contribution is 2.33. The zero-order chi connectivity index (χ0) is 21.3. The minimum atomic E-state index is -0.417. The fourth-order valence-electron chi connectivity index (χ4n) is 4.05. The molecule has 2 N–H and O–H groups in total. The summed E-state index contributed by atoms with van der Waals surface area (Å²) in [6.07, 6.45) is 4.28. The second-order valence-electron chi connectivity index (χ2n) is 7.65. The summed E-state index contributed by atoms with van der Waals surface area (Å²) in [4.78, 5) is 21.9. The number of piperidine rings is 1. The lowest BCUT2D eigenvalue weighted by Gasteiger charge is -2.31. The van der Waals surface area contributed by atoms with E-state index in [0.717, 1.165) is 32.4 Å². The Morgan fingerprint density at radius 3 is 2.73 bits per heavy atom. The van der Waals surface area contributed by atoms with E-state index in [4.69, 9.17) is 15.6 Å². The Hall–Kier alpha value is -3.23. The number of carbonyl (C=O) groups excluding carboxylic acids is 1. The van der Waals surface area contributed by atoms with E-state index in [0.29, 0.717) is 46.3 Å². The van der Waals surface area contributed by atoms with Gasteiger partial charge in [0.1, 0.15) is 29.4 Å². The summed E-state index contributed by atoms with van der Waals surface area (Å²) in [5.41, 5.74) is 7.86. The van der Waals surface area contributed by atoms with Crippen molar-refractivity contribution in [3.8, 4) is 17.0 Å². The van der Waals surface area contributed by atoms with Crippen LogP contribution >= 0.6 is 0 Å². The van der Waals surface area contributed by atoms with Crippen molar-refractivity contribution in [1.82, 2.24) is 24.6 Å². The van der Waals surface area contributed by atoms with E-state index in [-0.39, 0.29) is 5.91 Å². The van der Waals surface area contributed by atoms with Gasteiger partial charge in [-0.05, 0) is 37.3 Å². The van der Waals surface area contributed by atoms with Gasteiger partial charge < -0.3 is 15.4 Å². The predicted molar refractivity (Wildman–Crippen MR) is 111 cm³/mol. The van der Waals surface area contributed by atoms with Gasteiger partial charge in [0.2, 0.25) is 5.91 Å². The molecule has 30 heavy (non-hydrogen) atoms. The number of carbonyl (C=O) groups is 1. The van der Waals surface area contributed by atoms with E-state index in [1.807, 2.05) is 9.58 Å². The number of nitrogen functional groups attached to an aromatic ring is 1. The number of amides is 1. The van der Waals surface area contributed by atoms with Gasteiger partial charge in [-0.15, -0.1) is 0 Å². The Kier molecular flexibility index (Phi) is 5.52. The van der Waals surface area contributed by atoms with Crippen molar-refractivity contribution in [2.75, 3.05) is 25.9 Å². The molecule has 8 nitrogen and oxygen atoms in total. The Labute approximate surface area is 173 Å². The molecule has 1 aliphatic heterocycles. The highest BCUT2D eigenvalue weighted by Gasteiger charge is 2.22. The van der Waals surface area contributed by atoms with E-state index < -0.39 is 5.82 Å². The summed E-state index contributed by atoms with van der Waals surface area (Å²) in [5, 5.41) is 5.32. The smallest absolute Gasteiger partial charge is 0.219 e. The van der Waals surface area contributed by atoms with Crippen LogP contribution < -0.4 is 10.5 Å². The first kappa shape index (κ1) is 20.1. The van der Waals surface area contributed by atoms with E-state index in [1.54, 1.807) is 13.0 Å². The zero-order valence-electron chi connectivity index (χ0n) is 17.1. The van der Waals surface area contributed by atoms with E-state index in [1.165, 1.54) is 25.6 Å². The maximum Gasteiger partial charge on any atom is 0.219 e. The number of likely N-dealkylation sites (tertiary alicyclic amines) is 1. The number of anilines is 1. The fraction of sp³-hybridized carbons (Fsp3) is 0.429. The summed E-state index contributed by atoms with van der Waals surface area (Å²) in [6, 6.07) is 4.44. The molecule has 4 rings (SSSR count). The molecule has 1 fully saturated rings. The standard InChI is InChI=1S/C21H25FN6O2/c1-13(29)27-6-3-14(4-7-27)5-8-28-21-18(20(23)24-12-25-21)19(26-28)15-9-16(22)11-17(10-15)30-2/h9-12,14H,3-8H2,1-2H3,(H2,23,24,25). The largest absolute Gasteiger partial charge is 0.497 e. The number of aromatic nitrogens is 4. The molecule has 0 bridgehead atoms. The van der Waals surface area contributed by atoms with Crippen molar-refractivity contribution >= 4 is 22.8 Å². The number of nitrogens with two attached hydrogens (primary N) is 1. The lowest BCUT2D eigenvalue weighted by molar-refractivity contribution is -0.130. The van der Waals surface area contributed by atoms with Crippen molar-refractivity contribution in [2.24, 2.45) is 5.92 Å². The Morgan fingerprint density at radius 2 is 2.03 bits per heavy atom. The minimum Gasteiger partial charge on any atom is -0.497 e. The second kappa shape index (κ2) is 8.25. The molecule has 0 aliphatic carbocycles. The summed E-state index contributed by atoms with van der Waals surface area (Å²) in [7, 11) is 1.49. The lowest BCUT2D eigenvalue weighted by atomic mass is 9.93. The first-order valence-electron chi connectivity index (χ1n) is 10.0. The topological polar surface area (TPSA) is 99.2 Å². The molecule has 2 aromatic heterocycles. The number of hydrogen-bond acceptors (Lipinski definition) is 6. The first-order valence-corrected chi connectivity index (χ1v) is 10.0. The normalized spacial score (nSPS) is 15.0. The quantitative estimate of drug-likeness (QED) is 0.692. The van der Waals surface area contributed by atoms with Crippen LogP contribution in [0.25, 0.3) is 22.3 Å². The van der Waals surface area contributed by atoms with Gasteiger partial charge in [0.05, 0.1) is 12.5 Å².